The first kappa shape index (κ1) is 21.8. The Bertz CT molecular complexity index is 889. The summed E-state index contributed by atoms with van der Waals surface area (Å²) in [6.45, 7) is 1.57. The van der Waals surface area contributed by atoms with Gasteiger partial charge in [-0.05, 0) is 24.1 Å². The van der Waals surface area contributed by atoms with Crippen molar-refractivity contribution in [3.8, 4) is 0 Å². The summed E-state index contributed by atoms with van der Waals surface area (Å²) in [6.07, 6.45) is -0.224. The minimum absolute atomic E-state index is 0.0175. The summed E-state index contributed by atoms with van der Waals surface area (Å²) >= 11 is 1.11. The van der Waals surface area contributed by atoms with E-state index >= 15 is 0 Å². The lowest BCUT2D eigenvalue weighted by molar-refractivity contribution is -0.384. The Labute approximate surface area is 176 Å². The summed E-state index contributed by atoms with van der Waals surface area (Å²) in [5.74, 6) is -1.30. The Morgan fingerprint density at radius 1 is 1.27 bits per heavy atom. The predicted molar refractivity (Wildman–Crippen MR) is 106 cm³/mol. The molecule has 3 atom stereocenters. The molecule has 0 bridgehead atoms. The first-order valence-electron chi connectivity index (χ1n) is 9.31. The monoisotopic (exact) mass is 435 g/mol. The van der Waals surface area contributed by atoms with E-state index in [0.717, 1.165) is 16.7 Å². The largest absolute Gasteiger partial charge is 0.445 e. The summed E-state index contributed by atoms with van der Waals surface area (Å²) in [6, 6.07) is 5.10. The zero-order valence-corrected chi connectivity index (χ0v) is 17.3. The minimum atomic E-state index is -0.660. The van der Waals surface area contributed by atoms with Crippen molar-refractivity contribution in [3.05, 3.63) is 39.9 Å². The van der Waals surface area contributed by atoms with Gasteiger partial charge in [0.2, 0.25) is 11.8 Å². The lowest BCUT2D eigenvalue weighted by Crippen LogP contribution is -2.43. The molecule has 0 radical (unpaired) electrons. The number of non-ortho nitro benzene ring substituents is 1. The number of nitro groups is 1. The van der Waals surface area contributed by atoms with E-state index < -0.39 is 23.0 Å². The van der Waals surface area contributed by atoms with Crippen molar-refractivity contribution in [2.45, 2.75) is 37.7 Å². The average molecular weight is 435 g/mol. The molecule has 2 heterocycles. The van der Waals surface area contributed by atoms with E-state index in [2.05, 4.69) is 0 Å². The Balaban J connectivity index is 1.70. The van der Waals surface area contributed by atoms with Crippen LogP contribution >= 0.6 is 11.8 Å². The number of benzene rings is 1. The Morgan fingerprint density at radius 3 is 2.47 bits per heavy atom. The standard InChI is InChI=1S/C19H21N3O7S/c1-11(23)30-14-7-16(15-8-17(24)20(2)18(15)25)21(9-14)19(26)29-10-12-3-5-13(6-4-12)22(27)28/h3-6,14-16H,7-10H2,1-2H3/t14-,15?,16-/m0/s1. The second-order valence-electron chi connectivity index (χ2n) is 7.27. The summed E-state index contributed by atoms with van der Waals surface area (Å²) in [7, 11) is 1.42. The molecule has 1 aromatic rings. The summed E-state index contributed by atoms with van der Waals surface area (Å²) < 4.78 is 5.36. The highest BCUT2D eigenvalue weighted by Crippen LogP contribution is 2.36. The number of carbonyl (C=O) groups is 4. The van der Waals surface area contributed by atoms with Crippen LogP contribution in [0.4, 0.5) is 10.5 Å². The van der Waals surface area contributed by atoms with Crippen molar-refractivity contribution >= 4 is 40.5 Å². The second-order valence-corrected chi connectivity index (χ2v) is 8.74. The van der Waals surface area contributed by atoms with E-state index in [9.17, 15) is 29.3 Å². The molecule has 0 aliphatic carbocycles. The fourth-order valence-electron chi connectivity index (χ4n) is 3.76. The Kier molecular flexibility index (Phi) is 6.40. The third-order valence-corrected chi connectivity index (χ3v) is 6.27. The maximum absolute atomic E-state index is 12.8. The number of nitro benzene ring substituents is 1. The fraction of sp³-hybridized carbons (Fsp3) is 0.474. The Hall–Kier alpha value is -2.95. The number of likely N-dealkylation sites (tertiary alicyclic amines) is 2. The van der Waals surface area contributed by atoms with Gasteiger partial charge in [0.1, 0.15) is 6.61 Å². The Morgan fingerprint density at radius 2 is 1.93 bits per heavy atom. The molecule has 0 N–H and O–H groups in total. The molecule has 30 heavy (non-hydrogen) atoms. The van der Waals surface area contributed by atoms with Crippen LogP contribution in [0.15, 0.2) is 24.3 Å². The smallest absolute Gasteiger partial charge is 0.410 e. The number of amides is 3. The third kappa shape index (κ3) is 4.61. The number of carbonyl (C=O) groups excluding carboxylic acids is 4. The highest BCUT2D eigenvalue weighted by atomic mass is 32.2. The molecule has 0 spiro atoms. The quantitative estimate of drug-likeness (QED) is 0.390. The van der Waals surface area contributed by atoms with Gasteiger partial charge in [0.05, 0.1) is 10.8 Å². The van der Waals surface area contributed by atoms with Gasteiger partial charge in [-0.3, -0.25) is 29.4 Å². The molecule has 0 saturated carbocycles. The number of rotatable bonds is 5. The molecular formula is C19H21N3O7S. The molecule has 10 nitrogen and oxygen atoms in total. The number of nitrogens with zero attached hydrogens (tertiary/aromatic N) is 3. The molecular weight excluding hydrogens is 414 g/mol. The molecule has 3 amide bonds. The van der Waals surface area contributed by atoms with Gasteiger partial charge in [0, 0.05) is 50.4 Å². The van der Waals surface area contributed by atoms with Crippen LogP contribution in [0.5, 0.6) is 0 Å². The van der Waals surface area contributed by atoms with Crippen molar-refractivity contribution in [2.75, 3.05) is 13.6 Å². The minimum Gasteiger partial charge on any atom is -0.445 e. The van der Waals surface area contributed by atoms with Gasteiger partial charge in [-0.15, -0.1) is 0 Å². The van der Waals surface area contributed by atoms with Gasteiger partial charge in [-0.25, -0.2) is 4.79 Å². The van der Waals surface area contributed by atoms with Crippen LogP contribution < -0.4 is 0 Å². The molecule has 0 aromatic heterocycles. The topological polar surface area (TPSA) is 127 Å². The number of hydrogen-bond acceptors (Lipinski definition) is 8. The molecule has 160 valence electrons. The van der Waals surface area contributed by atoms with Crippen LogP contribution in [0.1, 0.15) is 25.3 Å². The van der Waals surface area contributed by atoms with Gasteiger partial charge in [-0.2, -0.15) is 0 Å². The van der Waals surface area contributed by atoms with E-state index in [1.165, 1.54) is 43.1 Å². The van der Waals surface area contributed by atoms with E-state index in [0.29, 0.717) is 12.0 Å². The van der Waals surface area contributed by atoms with Gasteiger partial charge in [0.25, 0.3) is 5.69 Å². The number of imide groups is 1. The summed E-state index contributed by atoms with van der Waals surface area (Å²) in [5, 5.41) is 10.4. The lowest BCUT2D eigenvalue weighted by atomic mass is 9.96. The molecule has 3 rings (SSSR count). The lowest BCUT2D eigenvalue weighted by Gasteiger charge is -2.27. The van der Waals surface area contributed by atoms with Crippen molar-refractivity contribution in [1.82, 2.24) is 9.80 Å². The normalized spacial score (nSPS) is 23.7. The SMILES string of the molecule is CC(=O)S[C@H]1C[C@@H](C2CC(=O)N(C)C2=O)N(C(=O)OCc2ccc([N+](=O)[O-])cc2)C1. The maximum atomic E-state index is 12.8. The van der Waals surface area contributed by atoms with Gasteiger partial charge in [0.15, 0.2) is 5.12 Å². The van der Waals surface area contributed by atoms with E-state index in [4.69, 9.17) is 4.74 Å². The van der Waals surface area contributed by atoms with Crippen molar-refractivity contribution in [2.24, 2.45) is 5.92 Å². The van der Waals surface area contributed by atoms with Crippen LogP contribution in [0, 0.1) is 16.0 Å². The second kappa shape index (κ2) is 8.82. The van der Waals surface area contributed by atoms with Crippen molar-refractivity contribution < 1.29 is 28.8 Å². The van der Waals surface area contributed by atoms with Crippen LogP contribution in [0.25, 0.3) is 0 Å². The van der Waals surface area contributed by atoms with E-state index in [1.807, 2.05) is 0 Å². The zero-order valence-electron chi connectivity index (χ0n) is 16.5. The number of thioether (sulfide) groups is 1. The van der Waals surface area contributed by atoms with Crippen molar-refractivity contribution in [3.63, 3.8) is 0 Å². The van der Waals surface area contributed by atoms with E-state index in [-0.39, 0.29) is 47.4 Å². The fourth-order valence-corrected chi connectivity index (χ4v) is 4.76. The molecule has 2 aliphatic heterocycles. The van der Waals surface area contributed by atoms with Gasteiger partial charge >= 0.3 is 6.09 Å². The van der Waals surface area contributed by atoms with Crippen molar-refractivity contribution in [1.29, 1.82) is 0 Å². The molecule has 1 aromatic carbocycles. The van der Waals surface area contributed by atoms with Crippen LogP contribution in [0.3, 0.4) is 0 Å². The van der Waals surface area contributed by atoms with Crippen LogP contribution in [-0.2, 0) is 25.7 Å². The molecule has 2 aliphatic rings. The van der Waals surface area contributed by atoms with Crippen LogP contribution in [0.2, 0.25) is 0 Å². The maximum Gasteiger partial charge on any atom is 0.410 e. The molecule has 2 saturated heterocycles. The highest BCUT2D eigenvalue weighted by molar-refractivity contribution is 8.14. The zero-order chi connectivity index (χ0) is 22.0. The number of ether oxygens (including phenoxy) is 1. The first-order valence-corrected chi connectivity index (χ1v) is 10.2. The first-order chi connectivity index (χ1) is 14.2. The molecule has 1 unspecified atom stereocenters. The number of hydrogen-bond donors (Lipinski definition) is 0. The highest BCUT2D eigenvalue weighted by Gasteiger charge is 2.49. The van der Waals surface area contributed by atoms with Gasteiger partial charge in [-0.1, -0.05) is 11.8 Å². The van der Waals surface area contributed by atoms with E-state index in [1.54, 1.807) is 0 Å². The third-order valence-electron chi connectivity index (χ3n) is 5.26. The van der Waals surface area contributed by atoms with Crippen LogP contribution in [-0.4, -0.2) is 62.6 Å². The average Bonchev–Trinajstić information content (AvgIpc) is 3.22. The summed E-state index contributed by atoms with van der Waals surface area (Å²) in [4.78, 5) is 61.4. The molecule has 11 heteroatoms. The van der Waals surface area contributed by atoms with Gasteiger partial charge < -0.3 is 9.64 Å². The molecule has 2 fully saturated rings. The summed E-state index contributed by atoms with van der Waals surface area (Å²) in [5.41, 5.74) is 0.508. The predicted octanol–water partition coefficient (Wildman–Crippen LogP) is 1.96.